The van der Waals surface area contributed by atoms with Gasteiger partial charge in [-0.3, -0.25) is 4.90 Å². The van der Waals surface area contributed by atoms with Crippen molar-refractivity contribution in [2.24, 2.45) is 5.41 Å². The van der Waals surface area contributed by atoms with E-state index in [2.05, 4.69) is 98.1 Å². The van der Waals surface area contributed by atoms with Crippen molar-refractivity contribution in [3.05, 3.63) is 96.1 Å². The van der Waals surface area contributed by atoms with Crippen LogP contribution in [0.3, 0.4) is 0 Å². The molecular formula is C25H31N. The molecule has 1 nitrogen and oxygen atoms in total. The fourth-order valence-corrected chi connectivity index (χ4v) is 3.93. The van der Waals surface area contributed by atoms with E-state index in [0.29, 0.717) is 6.04 Å². The van der Waals surface area contributed by atoms with Gasteiger partial charge in [-0.25, -0.2) is 0 Å². The SMILES string of the molecule is C=C[C@@]1(CCC=C(C)C)CC1N(Cc1ccccc1)Cc1ccccc1. The van der Waals surface area contributed by atoms with Crippen LogP contribution < -0.4 is 0 Å². The van der Waals surface area contributed by atoms with Crippen LogP contribution in [-0.2, 0) is 13.1 Å². The van der Waals surface area contributed by atoms with Crippen molar-refractivity contribution in [2.75, 3.05) is 0 Å². The minimum atomic E-state index is 0.273. The summed E-state index contributed by atoms with van der Waals surface area (Å²) in [6, 6.07) is 22.3. The quantitative estimate of drug-likeness (QED) is 0.477. The Bertz CT molecular complexity index is 686. The summed E-state index contributed by atoms with van der Waals surface area (Å²) in [6.45, 7) is 10.6. The number of nitrogens with zero attached hydrogens (tertiary/aromatic N) is 1. The highest BCUT2D eigenvalue weighted by Crippen LogP contribution is 2.54. The van der Waals surface area contributed by atoms with Crippen LogP contribution in [0.5, 0.6) is 0 Å². The first-order valence-electron chi connectivity index (χ1n) is 9.72. The van der Waals surface area contributed by atoms with Crippen LogP contribution >= 0.6 is 0 Å². The van der Waals surface area contributed by atoms with Gasteiger partial charge in [-0.15, -0.1) is 6.58 Å². The molecule has 1 unspecified atom stereocenters. The maximum Gasteiger partial charge on any atom is 0.0240 e. The second kappa shape index (κ2) is 8.51. The molecule has 2 aromatic carbocycles. The summed E-state index contributed by atoms with van der Waals surface area (Å²) < 4.78 is 0. The fraction of sp³-hybridized carbons (Fsp3) is 0.360. The zero-order chi connectivity index (χ0) is 18.4. The molecule has 1 saturated carbocycles. The van der Waals surface area contributed by atoms with Gasteiger partial charge in [-0.1, -0.05) is 78.4 Å². The molecule has 26 heavy (non-hydrogen) atoms. The topological polar surface area (TPSA) is 3.24 Å². The van der Waals surface area contributed by atoms with Gasteiger partial charge in [0, 0.05) is 24.5 Å². The van der Waals surface area contributed by atoms with Crippen molar-refractivity contribution in [1.29, 1.82) is 0 Å². The molecule has 0 saturated heterocycles. The third-order valence-corrected chi connectivity index (χ3v) is 5.54. The molecule has 1 fully saturated rings. The number of hydrogen-bond acceptors (Lipinski definition) is 1. The second-order valence-corrected chi connectivity index (χ2v) is 7.85. The standard InChI is InChI=1S/C25H31N/c1-4-25(17-11-12-21(2)3)18-24(25)26(19-22-13-7-5-8-14-22)20-23-15-9-6-10-16-23/h4-10,12-16,24H,1,11,17-20H2,2-3H3/t24?,25-/m1/s1. The highest BCUT2D eigenvalue weighted by Gasteiger charge is 2.53. The van der Waals surface area contributed by atoms with E-state index >= 15 is 0 Å². The van der Waals surface area contributed by atoms with E-state index in [-0.39, 0.29) is 5.41 Å². The van der Waals surface area contributed by atoms with Gasteiger partial charge in [-0.05, 0) is 44.2 Å². The van der Waals surface area contributed by atoms with Crippen molar-refractivity contribution in [3.8, 4) is 0 Å². The molecule has 0 radical (unpaired) electrons. The average molecular weight is 346 g/mol. The summed E-state index contributed by atoms with van der Waals surface area (Å²) in [4.78, 5) is 2.65. The van der Waals surface area contributed by atoms with Crippen LogP contribution in [0.2, 0.25) is 0 Å². The minimum Gasteiger partial charge on any atom is -0.291 e. The third-order valence-electron chi connectivity index (χ3n) is 5.54. The van der Waals surface area contributed by atoms with Crippen LogP contribution in [-0.4, -0.2) is 10.9 Å². The lowest BCUT2D eigenvalue weighted by Crippen LogP contribution is -2.29. The molecule has 1 aliphatic carbocycles. The van der Waals surface area contributed by atoms with Gasteiger partial charge in [-0.2, -0.15) is 0 Å². The number of benzene rings is 2. The van der Waals surface area contributed by atoms with Crippen molar-refractivity contribution < 1.29 is 0 Å². The smallest absolute Gasteiger partial charge is 0.0240 e. The van der Waals surface area contributed by atoms with E-state index in [9.17, 15) is 0 Å². The molecule has 0 bridgehead atoms. The van der Waals surface area contributed by atoms with Crippen molar-refractivity contribution in [2.45, 2.75) is 52.2 Å². The molecule has 136 valence electrons. The molecule has 0 heterocycles. The lowest BCUT2D eigenvalue weighted by atomic mass is 9.98. The summed E-state index contributed by atoms with van der Waals surface area (Å²) in [5.74, 6) is 0. The van der Waals surface area contributed by atoms with Crippen LogP contribution in [0.25, 0.3) is 0 Å². The van der Waals surface area contributed by atoms with Crippen LogP contribution in [0.4, 0.5) is 0 Å². The Labute approximate surface area is 159 Å². The maximum atomic E-state index is 4.19. The highest BCUT2D eigenvalue weighted by molar-refractivity contribution is 5.23. The first kappa shape index (κ1) is 18.7. The Morgan fingerprint density at radius 3 is 2.00 bits per heavy atom. The van der Waals surface area contributed by atoms with Gasteiger partial charge in [0.2, 0.25) is 0 Å². The van der Waals surface area contributed by atoms with Gasteiger partial charge in [0.1, 0.15) is 0 Å². The Kier molecular flexibility index (Phi) is 6.11. The van der Waals surface area contributed by atoms with E-state index in [0.717, 1.165) is 19.5 Å². The zero-order valence-corrected chi connectivity index (χ0v) is 16.2. The van der Waals surface area contributed by atoms with E-state index in [1.165, 1.54) is 29.5 Å². The Balaban J connectivity index is 1.75. The lowest BCUT2D eigenvalue weighted by molar-refractivity contribution is 0.218. The summed E-state index contributed by atoms with van der Waals surface area (Å²) in [7, 11) is 0. The summed E-state index contributed by atoms with van der Waals surface area (Å²) in [5, 5.41) is 0. The predicted octanol–water partition coefficient (Wildman–Crippen LogP) is 6.38. The van der Waals surface area contributed by atoms with E-state index < -0.39 is 0 Å². The van der Waals surface area contributed by atoms with Gasteiger partial charge in [0.15, 0.2) is 0 Å². The largest absolute Gasteiger partial charge is 0.291 e. The van der Waals surface area contributed by atoms with Crippen molar-refractivity contribution >= 4 is 0 Å². The number of hydrogen-bond donors (Lipinski definition) is 0. The molecule has 0 amide bonds. The van der Waals surface area contributed by atoms with E-state index in [1.54, 1.807) is 0 Å². The maximum absolute atomic E-state index is 4.19. The summed E-state index contributed by atoms with van der Waals surface area (Å²) in [6.07, 6.45) is 8.16. The molecule has 0 spiro atoms. The van der Waals surface area contributed by atoms with Crippen LogP contribution in [0.1, 0.15) is 44.2 Å². The average Bonchev–Trinajstić information content (AvgIpc) is 3.37. The fourth-order valence-electron chi connectivity index (χ4n) is 3.93. The molecule has 2 atom stereocenters. The molecule has 2 aromatic rings. The summed E-state index contributed by atoms with van der Waals surface area (Å²) >= 11 is 0. The second-order valence-electron chi connectivity index (χ2n) is 7.85. The van der Waals surface area contributed by atoms with E-state index in [1.807, 2.05) is 0 Å². The highest BCUT2D eigenvalue weighted by atomic mass is 15.2. The molecule has 0 aliphatic heterocycles. The zero-order valence-electron chi connectivity index (χ0n) is 16.2. The Morgan fingerprint density at radius 2 is 1.54 bits per heavy atom. The lowest BCUT2D eigenvalue weighted by Gasteiger charge is -2.26. The molecule has 0 aromatic heterocycles. The predicted molar refractivity (Wildman–Crippen MR) is 112 cm³/mol. The van der Waals surface area contributed by atoms with E-state index in [4.69, 9.17) is 0 Å². The first-order valence-corrected chi connectivity index (χ1v) is 9.72. The van der Waals surface area contributed by atoms with Crippen LogP contribution in [0.15, 0.2) is 85.0 Å². The monoisotopic (exact) mass is 345 g/mol. The minimum absolute atomic E-state index is 0.273. The van der Waals surface area contributed by atoms with Gasteiger partial charge < -0.3 is 0 Å². The van der Waals surface area contributed by atoms with Gasteiger partial charge >= 0.3 is 0 Å². The van der Waals surface area contributed by atoms with Crippen molar-refractivity contribution in [3.63, 3.8) is 0 Å². The molecular weight excluding hydrogens is 314 g/mol. The normalized spacial score (nSPS) is 21.4. The Hall–Kier alpha value is -2.12. The van der Waals surface area contributed by atoms with Gasteiger partial charge in [0.05, 0.1) is 0 Å². The van der Waals surface area contributed by atoms with Crippen molar-refractivity contribution in [1.82, 2.24) is 4.90 Å². The molecule has 1 aliphatic rings. The summed E-state index contributed by atoms with van der Waals surface area (Å²) in [5.41, 5.74) is 4.46. The molecule has 3 rings (SSSR count). The third kappa shape index (κ3) is 4.74. The van der Waals surface area contributed by atoms with Gasteiger partial charge in [0.25, 0.3) is 0 Å². The Morgan fingerprint density at radius 1 is 1.00 bits per heavy atom. The first-order chi connectivity index (χ1) is 12.6. The molecule has 1 heteroatoms. The van der Waals surface area contributed by atoms with Crippen LogP contribution in [0, 0.1) is 5.41 Å². The number of allylic oxidation sites excluding steroid dienone is 2. The molecule has 0 N–H and O–H groups in total. The number of rotatable bonds is 9.